The third-order valence-electron chi connectivity index (χ3n) is 3.68. The topological polar surface area (TPSA) is 98.5 Å². The predicted octanol–water partition coefficient (Wildman–Crippen LogP) is 2.90. The van der Waals surface area contributed by atoms with Crippen molar-refractivity contribution in [2.45, 2.75) is 19.4 Å². The number of rotatable bonds is 8. The first-order chi connectivity index (χ1) is 13.0. The zero-order valence-corrected chi connectivity index (χ0v) is 14.8. The molecule has 27 heavy (non-hydrogen) atoms. The summed E-state index contributed by atoms with van der Waals surface area (Å²) < 4.78 is 5.03. The zero-order valence-electron chi connectivity index (χ0n) is 14.8. The SMILES string of the molecule is CCOC(=O)C(Cc1ccccc1)NC(=O)C=Cc1cccc([N+](=O)[O-])c1. The van der Waals surface area contributed by atoms with Gasteiger partial charge in [-0.25, -0.2) is 4.79 Å². The lowest BCUT2D eigenvalue weighted by Crippen LogP contribution is -2.42. The van der Waals surface area contributed by atoms with Gasteiger partial charge in [-0.05, 0) is 24.1 Å². The Bertz CT molecular complexity index is 833. The molecule has 0 aromatic heterocycles. The van der Waals surface area contributed by atoms with Crippen LogP contribution in [0.1, 0.15) is 18.1 Å². The molecule has 1 N–H and O–H groups in total. The molecule has 0 aliphatic carbocycles. The molecule has 0 heterocycles. The normalized spacial score (nSPS) is 11.7. The molecule has 1 atom stereocenters. The number of amides is 1. The molecule has 0 radical (unpaired) electrons. The van der Waals surface area contributed by atoms with Crippen LogP contribution in [-0.4, -0.2) is 29.4 Å². The number of hydrogen-bond donors (Lipinski definition) is 1. The molecule has 1 amide bonds. The van der Waals surface area contributed by atoms with Crippen molar-refractivity contribution in [3.63, 3.8) is 0 Å². The Balaban J connectivity index is 2.07. The maximum Gasteiger partial charge on any atom is 0.328 e. The number of carbonyl (C=O) groups is 2. The number of nitro benzene ring substituents is 1. The molecule has 2 aromatic carbocycles. The van der Waals surface area contributed by atoms with Gasteiger partial charge in [0.1, 0.15) is 6.04 Å². The van der Waals surface area contributed by atoms with Gasteiger partial charge in [-0.3, -0.25) is 14.9 Å². The average molecular weight is 368 g/mol. The first-order valence-corrected chi connectivity index (χ1v) is 8.43. The maximum absolute atomic E-state index is 12.2. The second-order valence-electron chi connectivity index (χ2n) is 5.69. The highest BCUT2D eigenvalue weighted by Crippen LogP contribution is 2.14. The van der Waals surface area contributed by atoms with E-state index < -0.39 is 22.8 Å². The van der Waals surface area contributed by atoms with Crippen molar-refractivity contribution < 1.29 is 19.2 Å². The summed E-state index contributed by atoms with van der Waals surface area (Å²) in [7, 11) is 0. The van der Waals surface area contributed by atoms with E-state index in [2.05, 4.69) is 5.32 Å². The molecular formula is C20H20N2O5. The van der Waals surface area contributed by atoms with Gasteiger partial charge < -0.3 is 10.1 Å². The van der Waals surface area contributed by atoms with E-state index in [1.54, 1.807) is 13.0 Å². The second kappa shape index (κ2) is 9.86. The Kier molecular flexibility index (Phi) is 7.25. The van der Waals surface area contributed by atoms with Crippen LogP contribution in [0.3, 0.4) is 0 Å². The summed E-state index contributed by atoms with van der Waals surface area (Å²) in [6, 6.07) is 14.4. The number of non-ortho nitro benzene ring substituents is 1. The summed E-state index contributed by atoms with van der Waals surface area (Å²) in [4.78, 5) is 34.6. The number of nitrogens with zero attached hydrogens (tertiary/aromatic N) is 1. The standard InChI is InChI=1S/C20H20N2O5/c1-2-27-20(24)18(14-15-7-4-3-5-8-15)21-19(23)12-11-16-9-6-10-17(13-16)22(25)26/h3-13,18H,2,14H2,1H3,(H,21,23). The van der Waals surface area contributed by atoms with E-state index in [1.165, 1.54) is 30.4 Å². The van der Waals surface area contributed by atoms with Crippen LogP contribution in [0, 0.1) is 10.1 Å². The van der Waals surface area contributed by atoms with Crippen molar-refractivity contribution in [3.05, 3.63) is 81.9 Å². The monoisotopic (exact) mass is 368 g/mol. The van der Waals surface area contributed by atoms with E-state index in [9.17, 15) is 19.7 Å². The van der Waals surface area contributed by atoms with E-state index >= 15 is 0 Å². The van der Waals surface area contributed by atoms with Gasteiger partial charge in [-0.2, -0.15) is 0 Å². The molecule has 1 unspecified atom stereocenters. The van der Waals surface area contributed by atoms with E-state index in [1.807, 2.05) is 30.3 Å². The molecule has 0 saturated carbocycles. The predicted molar refractivity (Wildman–Crippen MR) is 101 cm³/mol. The van der Waals surface area contributed by atoms with Gasteiger partial charge in [-0.1, -0.05) is 42.5 Å². The maximum atomic E-state index is 12.2. The van der Waals surface area contributed by atoms with E-state index in [0.717, 1.165) is 5.56 Å². The van der Waals surface area contributed by atoms with Gasteiger partial charge in [0.2, 0.25) is 5.91 Å². The number of hydrogen-bond acceptors (Lipinski definition) is 5. The number of carbonyl (C=O) groups excluding carboxylic acids is 2. The highest BCUT2D eigenvalue weighted by Gasteiger charge is 2.21. The Morgan fingerprint density at radius 3 is 2.59 bits per heavy atom. The summed E-state index contributed by atoms with van der Waals surface area (Å²) in [6.07, 6.45) is 2.99. The summed E-state index contributed by atoms with van der Waals surface area (Å²) in [5.74, 6) is -1.01. The van der Waals surface area contributed by atoms with Crippen LogP contribution < -0.4 is 5.32 Å². The summed E-state index contributed by atoms with van der Waals surface area (Å²) >= 11 is 0. The van der Waals surface area contributed by atoms with Gasteiger partial charge in [0.25, 0.3) is 5.69 Å². The minimum Gasteiger partial charge on any atom is -0.464 e. The zero-order chi connectivity index (χ0) is 19.6. The van der Waals surface area contributed by atoms with Crippen molar-refractivity contribution in [2.75, 3.05) is 6.61 Å². The van der Waals surface area contributed by atoms with Crippen LogP contribution in [0.2, 0.25) is 0 Å². The molecule has 7 nitrogen and oxygen atoms in total. The summed E-state index contributed by atoms with van der Waals surface area (Å²) in [6.45, 7) is 1.91. The minimum absolute atomic E-state index is 0.0639. The first-order valence-electron chi connectivity index (χ1n) is 8.43. The van der Waals surface area contributed by atoms with Crippen molar-refractivity contribution in [1.82, 2.24) is 5.32 Å². The third-order valence-corrected chi connectivity index (χ3v) is 3.68. The number of nitrogens with one attached hydrogen (secondary N) is 1. The van der Waals surface area contributed by atoms with Crippen LogP contribution >= 0.6 is 0 Å². The molecule has 7 heteroatoms. The quantitative estimate of drug-likeness (QED) is 0.334. The molecule has 0 bridgehead atoms. The molecule has 0 aliphatic heterocycles. The Morgan fingerprint density at radius 1 is 1.19 bits per heavy atom. The molecule has 0 fully saturated rings. The van der Waals surface area contributed by atoms with Crippen molar-refractivity contribution >= 4 is 23.6 Å². The minimum atomic E-state index is -0.824. The van der Waals surface area contributed by atoms with E-state index in [0.29, 0.717) is 12.0 Å². The molecule has 2 aromatic rings. The van der Waals surface area contributed by atoms with E-state index in [-0.39, 0.29) is 12.3 Å². The first kappa shape index (κ1) is 19.8. The molecular weight excluding hydrogens is 348 g/mol. The third kappa shape index (κ3) is 6.39. The highest BCUT2D eigenvalue weighted by molar-refractivity contribution is 5.94. The molecule has 2 rings (SSSR count). The van der Waals surface area contributed by atoms with Crippen LogP contribution in [0.4, 0.5) is 5.69 Å². The van der Waals surface area contributed by atoms with Crippen LogP contribution in [-0.2, 0) is 20.7 Å². The number of ether oxygens (including phenoxy) is 1. The van der Waals surface area contributed by atoms with Crippen LogP contribution in [0.25, 0.3) is 6.08 Å². The van der Waals surface area contributed by atoms with Gasteiger partial charge >= 0.3 is 5.97 Å². The van der Waals surface area contributed by atoms with Gasteiger partial charge in [-0.15, -0.1) is 0 Å². The van der Waals surface area contributed by atoms with Gasteiger partial charge in [0.15, 0.2) is 0 Å². The van der Waals surface area contributed by atoms with Crippen molar-refractivity contribution in [2.24, 2.45) is 0 Å². The lowest BCUT2D eigenvalue weighted by Gasteiger charge is -2.16. The fourth-order valence-electron chi connectivity index (χ4n) is 2.42. The fraction of sp³-hybridized carbons (Fsp3) is 0.200. The smallest absolute Gasteiger partial charge is 0.328 e. The van der Waals surface area contributed by atoms with Gasteiger partial charge in [0, 0.05) is 24.6 Å². The largest absolute Gasteiger partial charge is 0.464 e. The lowest BCUT2D eigenvalue weighted by atomic mass is 10.1. The lowest BCUT2D eigenvalue weighted by molar-refractivity contribution is -0.384. The number of benzene rings is 2. The van der Waals surface area contributed by atoms with Crippen LogP contribution in [0.15, 0.2) is 60.7 Å². The number of nitro groups is 1. The Morgan fingerprint density at radius 2 is 1.93 bits per heavy atom. The summed E-state index contributed by atoms with van der Waals surface area (Å²) in [5, 5.41) is 13.4. The highest BCUT2D eigenvalue weighted by atomic mass is 16.6. The molecule has 0 aliphatic rings. The molecule has 140 valence electrons. The Hall–Kier alpha value is -3.48. The molecule has 0 spiro atoms. The summed E-state index contributed by atoms with van der Waals surface area (Å²) in [5.41, 5.74) is 1.33. The van der Waals surface area contributed by atoms with Crippen LogP contribution in [0.5, 0.6) is 0 Å². The average Bonchev–Trinajstić information content (AvgIpc) is 2.67. The van der Waals surface area contributed by atoms with E-state index in [4.69, 9.17) is 4.74 Å². The Labute approximate surface area is 156 Å². The second-order valence-corrected chi connectivity index (χ2v) is 5.69. The molecule has 0 saturated heterocycles. The number of esters is 1. The fourth-order valence-corrected chi connectivity index (χ4v) is 2.42. The van der Waals surface area contributed by atoms with Gasteiger partial charge in [0.05, 0.1) is 11.5 Å². The van der Waals surface area contributed by atoms with Crippen molar-refractivity contribution in [1.29, 1.82) is 0 Å². The van der Waals surface area contributed by atoms with Crippen molar-refractivity contribution in [3.8, 4) is 0 Å².